The van der Waals surface area contributed by atoms with Gasteiger partial charge in [0.05, 0.1) is 10.2 Å². The Labute approximate surface area is 158 Å². The first-order chi connectivity index (χ1) is 12.0. The highest BCUT2D eigenvalue weighted by molar-refractivity contribution is 7.22. The van der Waals surface area contributed by atoms with Gasteiger partial charge in [0, 0.05) is 17.5 Å². The molecule has 0 saturated heterocycles. The lowest BCUT2D eigenvalue weighted by molar-refractivity contribution is -0.122. The number of thiazole rings is 1. The highest BCUT2D eigenvalue weighted by Crippen LogP contribution is 2.35. The molecule has 1 amide bonds. The second-order valence-electron chi connectivity index (χ2n) is 7.14. The number of hydrogen-bond acceptors (Lipinski definition) is 4. The average molecular weight is 380 g/mol. The van der Waals surface area contributed by atoms with E-state index in [1.54, 1.807) is 11.3 Å². The summed E-state index contributed by atoms with van der Waals surface area (Å²) in [5.74, 6) is 0.412. The quantitative estimate of drug-likeness (QED) is 0.727. The fourth-order valence-corrected chi connectivity index (χ4v) is 4.65. The van der Waals surface area contributed by atoms with Gasteiger partial charge in [0.25, 0.3) is 0 Å². The standard InChI is InChI=1S/C19H26ClN3OS/c1-13-15(20)9-10-16-17(13)21-19(25-16)23(12-6-11-22(2)3)18(24)14-7-4-5-8-14/h9-10,14H,4-8,11-12H2,1-3H3. The second kappa shape index (κ2) is 8.02. The van der Waals surface area contributed by atoms with Crippen LogP contribution in [0.2, 0.25) is 5.02 Å². The van der Waals surface area contributed by atoms with Crippen molar-refractivity contribution in [1.29, 1.82) is 0 Å². The van der Waals surface area contributed by atoms with Gasteiger partial charge in [-0.2, -0.15) is 0 Å². The minimum atomic E-state index is 0.163. The molecule has 4 nitrogen and oxygen atoms in total. The number of carbonyl (C=O) groups is 1. The molecule has 0 unspecified atom stereocenters. The summed E-state index contributed by atoms with van der Waals surface area (Å²) >= 11 is 7.84. The van der Waals surface area contributed by atoms with E-state index in [4.69, 9.17) is 16.6 Å². The lowest BCUT2D eigenvalue weighted by atomic mass is 10.1. The maximum absolute atomic E-state index is 13.1. The van der Waals surface area contributed by atoms with Crippen LogP contribution in [0, 0.1) is 12.8 Å². The third-order valence-electron chi connectivity index (χ3n) is 4.92. The molecular formula is C19H26ClN3OS. The molecule has 2 aromatic rings. The first-order valence-electron chi connectivity index (χ1n) is 8.99. The lowest BCUT2D eigenvalue weighted by Gasteiger charge is -2.24. The first-order valence-corrected chi connectivity index (χ1v) is 10.2. The van der Waals surface area contributed by atoms with Crippen molar-refractivity contribution in [3.05, 3.63) is 22.7 Å². The first kappa shape index (κ1) is 18.6. The van der Waals surface area contributed by atoms with Crippen LogP contribution in [0.4, 0.5) is 5.13 Å². The molecule has 1 aromatic heterocycles. The Morgan fingerprint density at radius 2 is 2.00 bits per heavy atom. The molecule has 0 N–H and O–H groups in total. The van der Waals surface area contributed by atoms with Crippen LogP contribution >= 0.6 is 22.9 Å². The van der Waals surface area contributed by atoms with Crippen LogP contribution < -0.4 is 4.90 Å². The third kappa shape index (κ3) is 4.15. The molecule has 3 rings (SSSR count). The van der Waals surface area contributed by atoms with Crippen molar-refractivity contribution >= 4 is 44.2 Å². The van der Waals surface area contributed by atoms with Crippen molar-refractivity contribution in [2.45, 2.75) is 39.0 Å². The molecule has 25 heavy (non-hydrogen) atoms. The summed E-state index contributed by atoms with van der Waals surface area (Å²) < 4.78 is 1.09. The zero-order valence-electron chi connectivity index (χ0n) is 15.2. The fourth-order valence-electron chi connectivity index (χ4n) is 3.44. The minimum absolute atomic E-state index is 0.163. The van der Waals surface area contributed by atoms with Gasteiger partial charge in [0.2, 0.25) is 5.91 Å². The van der Waals surface area contributed by atoms with Crippen LogP contribution in [0.3, 0.4) is 0 Å². The largest absolute Gasteiger partial charge is 0.309 e. The van der Waals surface area contributed by atoms with Gasteiger partial charge in [-0.05, 0) is 64.5 Å². The Kier molecular flexibility index (Phi) is 5.97. The summed E-state index contributed by atoms with van der Waals surface area (Å²) in [7, 11) is 4.12. The van der Waals surface area contributed by atoms with E-state index in [1.807, 2.05) is 24.0 Å². The maximum atomic E-state index is 13.1. The fraction of sp³-hybridized carbons (Fsp3) is 0.579. The number of rotatable bonds is 6. The molecule has 0 bridgehead atoms. The monoisotopic (exact) mass is 379 g/mol. The molecular weight excluding hydrogens is 354 g/mol. The summed E-state index contributed by atoms with van der Waals surface area (Å²) in [6.45, 7) is 3.67. The van der Waals surface area contributed by atoms with Crippen molar-refractivity contribution < 1.29 is 4.79 Å². The molecule has 0 spiro atoms. The van der Waals surface area contributed by atoms with E-state index in [9.17, 15) is 4.79 Å². The molecule has 0 radical (unpaired) electrons. The molecule has 1 aliphatic rings. The molecule has 1 saturated carbocycles. The summed E-state index contributed by atoms with van der Waals surface area (Å²) in [5, 5.41) is 1.54. The predicted octanol–water partition coefficient (Wildman–Crippen LogP) is 4.73. The van der Waals surface area contributed by atoms with Gasteiger partial charge in [-0.3, -0.25) is 9.69 Å². The summed E-state index contributed by atoms with van der Waals surface area (Å²) in [6, 6.07) is 3.92. The highest BCUT2D eigenvalue weighted by Gasteiger charge is 2.29. The molecule has 0 aliphatic heterocycles. The SMILES string of the molecule is Cc1c(Cl)ccc2sc(N(CCCN(C)C)C(=O)C3CCCC3)nc12. The van der Waals surface area contributed by atoms with Crippen LogP contribution in [0.5, 0.6) is 0 Å². The summed E-state index contributed by atoms with van der Waals surface area (Å²) in [4.78, 5) is 22.0. The van der Waals surface area contributed by atoms with Gasteiger partial charge in [0.1, 0.15) is 0 Å². The molecule has 1 heterocycles. The van der Waals surface area contributed by atoms with Crippen molar-refractivity contribution in [3.63, 3.8) is 0 Å². The van der Waals surface area contributed by atoms with Crippen molar-refractivity contribution in [3.8, 4) is 0 Å². The van der Waals surface area contributed by atoms with Crippen LogP contribution in [-0.4, -0.2) is 43.0 Å². The number of hydrogen-bond donors (Lipinski definition) is 0. The van der Waals surface area contributed by atoms with E-state index < -0.39 is 0 Å². The van der Waals surface area contributed by atoms with Gasteiger partial charge in [-0.15, -0.1) is 0 Å². The predicted molar refractivity (Wildman–Crippen MR) is 107 cm³/mol. The van der Waals surface area contributed by atoms with Gasteiger partial charge in [0.15, 0.2) is 5.13 Å². The van der Waals surface area contributed by atoms with E-state index >= 15 is 0 Å². The number of amides is 1. The summed E-state index contributed by atoms with van der Waals surface area (Å²) in [5.41, 5.74) is 1.91. The smallest absolute Gasteiger partial charge is 0.231 e. The van der Waals surface area contributed by atoms with Crippen LogP contribution in [0.15, 0.2) is 12.1 Å². The number of nitrogens with zero attached hydrogens (tertiary/aromatic N) is 3. The third-order valence-corrected chi connectivity index (χ3v) is 6.38. The van der Waals surface area contributed by atoms with Gasteiger partial charge in [-0.25, -0.2) is 4.98 Å². The van der Waals surface area contributed by atoms with E-state index in [0.29, 0.717) is 0 Å². The number of aromatic nitrogens is 1. The van der Waals surface area contributed by atoms with Crippen LogP contribution in [0.25, 0.3) is 10.2 Å². The Hall–Kier alpha value is -1.17. The van der Waals surface area contributed by atoms with Gasteiger partial charge >= 0.3 is 0 Å². The van der Waals surface area contributed by atoms with E-state index in [-0.39, 0.29) is 11.8 Å². The number of halogens is 1. The van der Waals surface area contributed by atoms with E-state index in [0.717, 1.165) is 71.1 Å². The molecule has 6 heteroatoms. The van der Waals surface area contributed by atoms with Gasteiger partial charge < -0.3 is 4.90 Å². The molecule has 1 aliphatic carbocycles. The number of carbonyl (C=O) groups excluding carboxylic acids is 1. The van der Waals surface area contributed by atoms with Crippen molar-refractivity contribution in [2.24, 2.45) is 5.92 Å². The Balaban J connectivity index is 1.89. The number of anilines is 1. The maximum Gasteiger partial charge on any atom is 0.231 e. The lowest BCUT2D eigenvalue weighted by Crippen LogP contribution is -2.37. The Morgan fingerprint density at radius 1 is 1.28 bits per heavy atom. The van der Waals surface area contributed by atoms with Crippen LogP contribution in [0.1, 0.15) is 37.7 Å². The van der Waals surface area contributed by atoms with Crippen molar-refractivity contribution in [2.75, 3.05) is 32.1 Å². The molecule has 1 fully saturated rings. The zero-order chi connectivity index (χ0) is 18.0. The Morgan fingerprint density at radius 3 is 2.68 bits per heavy atom. The second-order valence-corrected chi connectivity index (χ2v) is 8.56. The summed E-state index contributed by atoms with van der Waals surface area (Å²) in [6.07, 6.45) is 5.30. The molecule has 136 valence electrons. The van der Waals surface area contributed by atoms with E-state index in [2.05, 4.69) is 19.0 Å². The Bertz CT molecular complexity index is 752. The number of benzene rings is 1. The topological polar surface area (TPSA) is 36.4 Å². The molecule has 1 aromatic carbocycles. The minimum Gasteiger partial charge on any atom is -0.309 e. The number of aryl methyl sites for hydroxylation is 1. The average Bonchev–Trinajstić information content (AvgIpc) is 3.24. The number of fused-ring (bicyclic) bond motifs is 1. The van der Waals surface area contributed by atoms with E-state index in [1.165, 1.54) is 0 Å². The van der Waals surface area contributed by atoms with Gasteiger partial charge in [-0.1, -0.05) is 35.8 Å². The highest BCUT2D eigenvalue weighted by atomic mass is 35.5. The zero-order valence-corrected chi connectivity index (χ0v) is 16.8. The normalized spacial score (nSPS) is 15.4. The molecule has 0 atom stereocenters. The van der Waals surface area contributed by atoms with Crippen molar-refractivity contribution in [1.82, 2.24) is 9.88 Å². The van der Waals surface area contributed by atoms with Crippen LogP contribution in [-0.2, 0) is 4.79 Å².